The van der Waals surface area contributed by atoms with Gasteiger partial charge in [0.25, 0.3) is 0 Å². The van der Waals surface area contributed by atoms with E-state index in [9.17, 15) is 0 Å². The van der Waals surface area contributed by atoms with Crippen molar-refractivity contribution in [1.29, 1.82) is 0 Å². The van der Waals surface area contributed by atoms with E-state index < -0.39 is 0 Å². The van der Waals surface area contributed by atoms with E-state index in [0.29, 0.717) is 5.11 Å². The monoisotopic (exact) mass is 341 g/mol. The maximum atomic E-state index is 6.11. The molecule has 5 heteroatoms. The van der Waals surface area contributed by atoms with Gasteiger partial charge in [0.05, 0.1) is 6.04 Å². The van der Waals surface area contributed by atoms with Gasteiger partial charge < -0.3 is 15.4 Å². The van der Waals surface area contributed by atoms with Crippen LogP contribution in [-0.4, -0.2) is 15.7 Å². The van der Waals surface area contributed by atoms with Gasteiger partial charge >= 0.3 is 0 Å². The molecule has 1 atom stereocenters. The Morgan fingerprint density at radius 2 is 2.08 bits per heavy atom. The van der Waals surface area contributed by atoms with Gasteiger partial charge in [-0.3, -0.25) is 0 Å². The van der Waals surface area contributed by atoms with Crippen molar-refractivity contribution >= 4 is 23.1 Å². The minimum Gasteiger partial charge on any atom is -0.487 e. The second kappa shape index (κ2) is 6.40. The van der Waals surface area contributed by atoms with E-state index >= 15 is 0 Å². The summed E-state index contributed by atoms with van der Waals surface area (Å²) in [6.45, 7) is 8.30. The molecular formula is C19H23N3OS. The Morgan fingerprint density at radius 1 is 1.29 bits per heavy atom. The van der Waals surface area contributed by atoms with Crippen molar-refractivity contribution in [3.05, 3.63) is 53.2 Å². The van der Waals surface area contributed by atoms with Gasteiger partial charge in [0.15, 0.2) is 5.11 Å². The van der Waals surface area contributed by atoms with Crippen LogP contribution < -0.4 is 15.4 Å². The number of hydrogen-bond donors (Lipinski definition) is 2. The normalized spacial score (nSPS) is 18.2. The lowest BCUT2D eigenvalue weighted by Gasteiger charge is -2.38. The smallest absolute Gasteiger partial charge is 0.172 e. The van der Waals surface area contributed by atoms with E-state index in [1.165, 1.54) is 5.56 Å². The van der Waals surface area contributed by atoms with Gasteiger partial charge in [0, 0.05) is 18.2 Å². The van der Waals surface area contributed by atoms with E-state index in [1.807, 2.05) is 25.1 Å². The molecule has 1 aromatic carbocycles. The number of thiocarbonyl (C=S) groups is 1. The lowest BCUT2D eigenvalue weighted by molar-refractivity contribution is 0.0696. The van der Waals surface area contributed by atoms with E-state index in [4.69, 9.17) is 17.0 Å². The standard InChI is InChI=1S/C19H23N3OS/c1-12-7-8-16-14(10-12)15(11-19(3,4)23-16)21-18(24)22-17-13(2)6-5-9-20-17/h5-10,15H,11H2,1-4H3,(H2,20,21,22,24)/t15-/m1/s1. The average molecular weight is 341 g/mol. The van der Waals surface area contributed by atoms with Crippen LogP contribution in [0.2, 0.25) is 0 Å². The topological polar surface area (TPSA) is 46.2 Å². The summed E-state index contributed by atoms with van der Waals surface area (Å²) in [7, 11) is 0. The van der Waals surface area contributed by atoms with Gasteiger partial charge in [-0.25, -0.2) is 4.98 Å². The van der Waals surface area contributed by atoms with Crippen molar-refractivity contribution in [1.82, 2.24) is 10.3 Å². The number of aryl methyl sites for hydroxylation is 2. The van der Waals surface area contributed by atoms with Gasteiger partial charge in [-0.15, -0.1) is 0 Å². The van der Waals surface area contributed by atoms with Crippen molar-refractivity contribution < 1.29 is 4.74 Å². The molecule has 0 saturated heterocycles. The molecule has 0 radical (unpaired) electrons. The molecule has 126 valence electrons. The quantitative estimate of drug-likeness (QED) is 0.798. The minimum atomic E-state index is -0.240. The number of hydrogen-bond acceptors (Lipinski definition) is 3. The van der Waals surface area contributed by atoms with Gasteiger partial charge in [0.1, 0.15) is 17.2 Å². The SMILES string of the molecule is Cc1ccc2c(c1)[C@H](NC(=S)Nc1ncccc1C)CC(C)(C)O2. The van der Waals surface area contributed by atoms with Crippen molar-refractivity contribution in [3.63, 3.8) is 0 Å². The van der Waals surface area contributed by atoms with E-state index in [-0.39, 0.29) is 11.6 Å². The van der Waals surface area contributed by atoms with Crippen LogP contribution in [0.4, 0.5) is 5.82 Å². The Hall–Kier alpha value is -2.14. The van der Waals surface area contributed by atoms with Crippen LogP contribution in [0, 0.1) is 13.8 Å². The van der Waals surface area contributed by atoms with Crippen molar-refractivity contribution in [2.45, 2.75) is 45.8 Å². The van der Waals surface area contributed by atoms with Crippen LogP contribution in [0.3, 0.4) is 0 Å². The number of nitrogens with zero attached hydrogens (tertiary/aromatic N) is 1. The van der Waals surface area contributed by atoms with E-state index in [1.54, 1.807) is 6.20 Å². The van der Waals surface area contributed by atoms with Crippen LogP contribution in [-0.2, 0) is 0 Å². The Kier molecular flexibility index (Phi) is 4.45. The molecule has 0 bridgehead atoms. The van der Waals surface area contributed by atoms with Gasteiger partial charge in [-0.2, -0.15) is 0 Å². The molecule has 4 nitrogen and oxygen atoms in total. The summed E-state index contributed by atoms with van der Waals surface area (Å²) < 4.78 is 6.11. The molecule has 0 spiro atoms. The lowest BCUT2D eigenvalue weighted by Crippen LogP contribution is -2.42. The van der Waals surface area contributed by atoms with Gasteiger partial charge in [0.2, 0.25) is 0 Å². The summed E-state index contributed by atoms with van der Waals surface area (Å²) in [5.41, 5.74) is 3.18. The van der Waals surface area contributed by atoms with Crippen LogP contribution in [0.15, 0.2) is 36.5 Å². The molecule has 0 fully saturated rings. The highest BCUT2D eigenvalue weighted by atomic mass is 32.1. The van der Waals surface area contributed by atoms with Crippen molar-refractivity contribution in [2.75, 3.05) is 5.32 Å². The number of aromatic nitrogens is 1. The Morgan fingerprint density at radius 3 is 2.83 bits per heavy atom. The van der Waals surface area contributed by atoms with Crippen LogP contribution in [0.25, 0.3) is 0 Å². The molecule has 0 aliphatic carbocycles. The Labute approximate surface area is 148 Å². The molecule has 1 aromatic heterocycles. The van der Waals surface area contributed by atoms with E-state index in [2.05, 4.69) is 48.5 Å². The summed E-state index contributed by atoms with van der Waals surface area (Å²) in [5, 5.41) is 7.21. The highest BCUT2D eigenvalue weighted by Gasteiger charge is 2.34. The summed E-state index contributed by atoms with van der Waals surface area (Å²) >= 11 is 5.51. The number of anilines is 1. The first-order valence-electron chi connectivity index (χ1n) is 8.13. The number of fused-ring (bicyclic) bond motifs is 1. The highest BCUT2D eigenvalue weighted by molar-refractivity contribution is 7.80. The molecule has 0 unspecified atom stereocenters. The first-order valence-corrected chi connectivity index (χ1v) is 8.53. The summed E-state index contributed by atoms with van der Waals surface area (Å²) in [6, 6.07) is 10.3. The average Bonchev–Trinajstić information content (AvgIpc) is 2.49. The number of nitrogens with one attached hydrogen (secondary N) is 2. The zero-order valence-corrected chi connectivity index (χ0v) is 15.3. The third-order valence-corrected chi connectivity index (χ3v) is 4.39. The van der Waals surface area contributed by atoms with Gasteiger partial charge in [-0.1, -0.05) is 23.8 Å². The molecular weight excluding hydrogens is 318 g/mol. The zero-order valence-electron chi connectivity index (χ0n) is 14.5. The maximum Gasteiger partial charge on any atom is 0.172 e. The molecule has 1 aliphatic heterocycles. The molecule has 2 N–H and O–H groups in total. The fraction of sp³-hybridized carbons (Fsp3) is 0.368. The maximum absolute atomic E-state index is 6.11. The molecule has 1 aliphatic rings. The summed E-state index contributed by atoms with van der Waals surface area (Å²) in [5.74, 6) is 1.71. The fourth-order valence-electron chi connectivity index (χ4n) is 3.02. The molecule has 24 heavy (non-hydrogen) atoms. The number of pyridine rings is 1. The second-order valence-corrected chi connectivity index (χ2v) is 7.34. The number of benzene rings is 1. The van der Waals surface area contributed by atoms with Crippen molar-refractivity contribution in [3.8, 4) is 5.75 Å². The molecule has 2 aromatic rings. The zero-order chi connectivity index (χ0) is 17.3. The summed E-state index contributed by atoms with van der Waals surface area (Å²) in [4.78, 5) is 4.34. The summed E-state index contributed by atoms with van der Waals surface area (Å²) in [6.07, 6.45) is 2.60. The predicted molar refractivity (Wildman–Crippen MR) is 102 cm³/mol. The van der Waals surface area contributed by atoms with Crippen LogP contribution >= 0.6 is 12.2 Å². The predicted octanol–water partition coefficient (Wildman–Crippen LogP) is 4.29. The van der Waals surface area contributed by atoms with Crippen LogP contribution in [0.1, 0.15) is 43.0 Å². The first-order chi connectivity index (χ1) is 11.3. The Bertz CT molecular complexity index is 773. The number of rotatable bonds is 2. The second-order valence-electron chi connectivity index (χ2n) is 6.93. The van der Waals surface area contributed by atoms with Crippen LogP contribution in [0.5, 0.6) is 5.75 Å². The number of ether oxygens (including phenoxy) is 1. The van der Waals surface area contributed by atoms with Gasteiger partial charge in [-0.05, 0) is 57.6 Å². The van der Waals surface area contributed by atoms with E-state index in [0.717, 1.165) is 29.1 Å². The first kappa shape index (κ1) is 16.7. The Balaban J connectivity index is 1.80. The minimum absolute atomic E-state index is 0.104. The third kappa shape index (κ3) is 3.67. The lowest BCUT2D eigenvalue weighted by atomic mass is 9.89. The van der Waals surface area contributed by atoms with Crippen molar-refractivity contribution in [2.24, 2.45) is 0 Å². The highest BCUT2D eigenvalue weighted by Crippen LogP contribution is 2.39. The molecule has 0 saturated carbocycles. The third-order valence-electron chi connectivity index (χ3n) is 4.17. The molecule has 2 heterocycles. The molecule has 3 rings (SSSR count). The fourth-order valence-corrected chi connectivity index (χ4v) is 3.26. The molecule has 0 amide bonds. The largest absolute Gasteiger partial charge is 0.487 e.